The molecule has 0 N–H and O–H groups in total. The Hall–Kier alpha value is -1.02. The number of hydrogen-bond acceptors (Lipinski definition) is 2. The summed E-state index contributed by atoms with van der Waals surface area (Å²) < 4.78 is 0. The fourth-order valence-corrected chi connectivity index (χ4v) is 3.28. The van der Waals surface area contributed by atoms with Crippen LogP contribution in [0.5, 0.6) is 0 Å². The molecule has 3 heteroatoms. The molecule has 3 rings (SSSR count). The molecule has 2 atom stereocenters. The zero-order valence-electron chi connectivity index (χ0n) is 9.03. The maximum absolute atomic E-state index is 11.1. The van der Waals surface area contributed by atoms with Crippen molar-refractivity contribution in [3.63, 3.8) is 0 Å². The average Bonchev–Trinajstić information content (AvgIpc) is 2.90. The van der Waals surface area contributed by atoms with Crippen LogP contribution in [-0.2, 0) is 0 Å². The SMILES string of the molecule is O=Cc1cc(Cl)ccc1N1CC2CCC1C2. The third kappa shape index (κ3) is 1.52. The highest BCUT2D eigenvalue weighted by atomic mass is 35.5. The minimum absolute atomic E-state index is 0.634. The molecule has 1 heterocycles. The van der Waals surface area contributed by atoms with Crippen LogP contribution in [0.4, 0.5) is 5.69 Å². The van der Waals surface area contributed by atoms with Crippen LogP contribution < -0.4 is 4.90 Å². The molecule has 1 saturated carbocycles. The molecule has 1 aromatic rings. The number of benzene rings is 1. The second-order valence-electron chi connectivity index (χ2n) is 4.81. The van der Waals surface area contributed by atoms with Gasteiger partial charge in [-0.25, -0.2) is 0 Å². The summed E-state index contributed by atoms with van der Waals surface area (Å²) in [6, 6.07) is 6.25. The van der Waals surface area contributed by atoms with Crippen LogP contribution in [0.3, 0.4) is 0 Å². The van der Waals surface area contributed by atoms with Crippen molar-refractivity contribution in [1.29, 1.82) is 0 Å². The zero-order valence-corrected chi connectivity index (χ0v) is 9.78. The van der Waals surface area contributed by atoms with E-state index in [1.807, 2.05) is 12.1 Å². The van der Waals surface area contributed by atoms with Crippen LogP contribution in [0, 0.1) is 5.92 Å². The second kappa shape index (κ2) is 3.77. The lowest BCUT2D eigenvalue weighted by atomic mass is 10.1. The molecule has 2 nitrogen and oxygen atoms in total. The molecule has 84 valence electrons. The van der Waals surface area contributed by atoms with Gasteiger partial charge in [-0.2, -0.15) is 0 Å². The third-order valence-corrected chi connectivity index (χ3v) is 4.07. The Kier molecular flexibility index (Phi) is 2.40. The monoisotopic (exact) mass is 235 g/mol. The Morgan fingerprint density at radius 3 is 2.88 bits per heavy atom. The van der Waals surface area contributed by atoms with Gasteiger partial charge in [0.2, 0.25) is 0 Å². The van der Waals surface area contributed by atoms with Crippen LogP contribution in [0.15, 0.2) is 18.2 Å². The Bertz CT molecular complexity index is 432. The van der Waals surface area contributed by atoms with Crippen LogP contribution in [0.2, 0.25) is 5.02 Å². The van der Waals surface area contributed by atoms with Crippen molar-refractivity contribution in [1.82, 2.24) is 0 Å². The molecule has 1 aliphatic carbocycles. The van der Waals surface area contributed by atoms with Gasteiger partial charge in [0.25, 0.3) is 0 Å². The summed E-state index contributed by atoms with van der Waals surface area (Å²) in [5.41, 5.74) is 1.78. The molecule has 0 radical (unpaired) electrons. The molecule has 0 aromatic heterocycles. The Labute approximate surface area is 100 Å². The van der Waals surface area contributed by atoms with E-state index in [4.69, 9.17) is 11.6 Å². The molecule has 2 fully saturated rings. The molecule has 2 aliphatic rings. The molecule has 0 amide bonds. The van der Waals surface area contributed by atoms with E-state index in [0.717, 1.165) is 30.0 Å². The average molecular weight is 236 g/mol. The second-order valence-corrected chi connectivity index (χ2v) is 5.24. The number of nitrogens with zero attached hydrogens (tertiary/aromatic N) is 1. The van der Waals surface area contributed by atoms with Gasteiger partial charge in [0.1, 0.15) is 0 Å². The van der Waals surface area contributed by atoms with Crippen LogP contribution >= 0.6 is 11.6 Å². The largest absolute Gasteiger partial charge is 0.368 e. The summed E-state index contributed by atoms with van der Waals surface area (Å²) >= 11 is 5.90. The summed E-state index contributed by atoms with van der Waals surface area (Å²) in [5, 5.41) is 0.634. The molecule has 2 unspecified atom stereocenters. The number of carbonyl (C=O) groups excluding carboxylic acids is 1. The predicted molar refractivity (Wildman–Crippen MR) is 65.3 cm³/mol. The van der Waals surface area contributed by atoms with Gasteiger partial charge >= 0.3 is 0 Å². The zero-order chi connectivity index (χ0) is 11.1. The third-order valence-electron chi connectivity index (χ3n) is 3.84. The molecule has 1 saturated heterocycles. The number of piperidine rings is 1. The Morgan fingerprint density at radius 2 is 2.25 bits per heavy atom. The molecular formula is C13H14ClNO. The maximum Gasteiger partial charge on any atom is 0.152 e. The number of aldehydes is 1. The summed E-state index contributed by atoms with van der Waals surface area (Å²) in [4.78, 5) is 13.4. The lowest BCUT2D eigenvalue weighted by Crippen LogP contribution is -2.32. The van der Waals surface area contributed by atoms with Gasteiger partial charge in [0.05, 0.1) is 0 Å². The molecule has 1 aliphatic heterocycles. The van der Waals surface area contributed by atoms with Crippen molar-refractivity contribution in [2.45, 2.75) is 25.3 Å². The molecule has 2 bridgehead atoms. The standard InChI is InChI=1S/C13H14ClNO/c14-11-2-4-13(10(6-11)8-16)15-7-9-1-3-12(15)5-9/h2,4,6,8-9,12H,1,3,5,7H2. The first kappa shape index (κ1) is 10.2. The van der Waals surface area contributed by atoms with E-state index in [9.17, 15) is 4.79 Å². The van der Waals surface area contributed by atoms with E-state index in [-0.39, 0.29) is 0 Å². The van der Waals surface area contributed by atoms with Gasteiger partial charge in [0, 0.05) is 28.9 Å². The van der Waals surface area contributed by atoms with Gasteiger partial charge in [-0.3, -0.25) is 4.79 Å². The van der Waals surface area contributed by atoms with Crippen molar-refractivity contribution >= 4 is 23.6 Å². The molecule has 16 heavy (non-hydrogen) atoms. The summed E-state index contributed by atoms with van der Waals surface area (Å²) in [6.07, 6.45) is 4.82. The van der Waals surface area contributed by atoms with E-state index >= 15 is 0 Å². The topological polar surface area (TPSA) is 20.3 Å². The highest BCUT2D eigenvalue weighted by Crippen LogP contribution is 2.41. The van der Waals surface area contributed by atoms with Crippen LogP contribution in [0.25, 0.3) is 0 Å². The summed E-state index contributed by atoms with van der Waals surface area (Å²) in [5.74, 6) is 0.834. The van der Waals surface area contributed by atoms with Gasteiger partial charge in [-0.1, -0.05) is 11.6 Å². The maximum atomic E-state index is 11.1. The molecule has 1 aromatic carbocycles. The number of rotatable bonds is 2. The normalized spacial score (nSPS) is 27.4. The van der Waals surface area contributed by atoms with E-state index in [0.29, 0.717) is 11.1 Å². The smallest absolute Gasteiger partial charge is 0.152 e. The van der Waals surface area contributed by atoms with E-state index < -0.39 is 0 Å². The van der Waals surface area contributed by atoms with Crippen LogP contribution in [-0.4, -0.2) is 18.9 Å². The highest BCUT2D eigenvalue weighted by Gasteiger charge is 2.38. The molecule has 0 spiro atoms. The van der Waals surface area contributed by atoms with Crippen molar-refractivity contribution in [2.24, 2.45) is 5.92 Å². The predicted octanol–water partition coefficient (Wildman–Crippen LogP) is 3.14. The van der Waals surface area contributed by atoms with E-state index in [1.54, 1.807) is 6.07 Å². The van der Waals surface area contributed by atoms with Crippen molar-refractivity contribution in [3.05, 3.63) is 28.8 Å². The van der Waals surface area contributed by atoms with Crippen molar-refractivity contribution < 1.29 is 4.79 Å². The Balaban J connectivity index is 1.97. The fourth-order valence-electron chi connectivity index (χ4n) is 3.10. The fraction of sp³-hybridized carbons (Fsp3) is 0.462. The van der Waals surface area contributed by atoms with Gasteiger partial charge in [0.15, 0.2) is 6.29 Å². The summed E-state index contributed by atoms with van der Waals surface area (Å²) in [7, 11) is 0. The van der Waals surface area contributed by atoms with Crippen molar-refractivity contribution in [2.75, 3.05) is 11.4 Å². The minimum atomic E-state index is 0.634. The first-order valence-electron chi connectivity index (χ1n) is 5.79. The first-order chi connectivity index (χ1) is 7.78. The number of anilines is 1. The lowest BCUT2D eigenvalue weighted by Gasteiger charge is -2.30. The van der Waals surface area contributed by atoms with Crippen molar-refractivity contribution in [3.8, 4) is 0 Å². The quantitative estimate of drug-likeness (QED) is 0.734. The number of carbonyl (C=O) groups is 1. The lowest BCUT2D eigenvalue weighted by molar-refractivity contribution is 0.112. The Morgan fingerprint density at radius 1 is 1.38 bits per heavy atom. The van der Waals surface area contributed by atoms with Crippen LogP contribution in [0.1, 0.15) is 29.6 Å². The first-order valence-corrected chi connectivity index (χ1v) is 6.17. The van der Waals surface area contributed by atoms with Gasteiger partial charge < -0.3 is 4.90 Å². The number of hydrogen-bond donors (Lipinski definition) is 0. The minimum Gasteiger partial charge on any atom is -0.368 e. The number of fused-ring (bicyclic) bond motifs is 2. The summed E-state index contributed by atoms with van der Waals surface area (Å²) in [6.45, 7) is 1.10. The van der Waals surface area contributed by atoms with Gasteiger partial charge in [-0.05, 0) is 43.4 Å². The highest BCUT2D eigenvalue weighted by molar-refractivity contribution is 6.31. The van der Waals surface area contributed by atoms with E-state index in [1.165, 1.54) is 19.3 Å². The molecular weight excluding hydrogens is 222 g/mol. The van der Waals surface area contributed by atoms with E-state index in [2.05, 4.69) is 4.90 Å². The van der Waals surface area contributed by atoms with Gasteiger partial charge in [-0.15, -0.1) is 0 Å². The number of halogens is 1.